The minimum Gasteiger partial charge on any atom is -0.398 e. The van der Waals surface area contributed by atoms with Crippen LogP contribution in [-0.2, 0) is 4.79 Å². The standard InChI is InChI=1S/C14H11Cl2FN2OS/c15-10-6-9(2-3-12(10)18)21-7-14(20)19-13-4-1-8(17)5-11(13)16/h1-6H,7,18H2,(H,19,20). The number of thioether (sulfide) groups is 1. The number of halogens is 3. The minimum absolute atomic E-state index is 0.156. The Balaban J connectivity index is 1.94. The summed E-state index contributed by atoms with van der Waals surface area (Å²) in [5, 5.41) is 3.22. The maximum atomic E-state index is 12.9. The monoisotopic (exact) mass is 344 g/mol. The molecule has 0 heterocycles. The molecule has 0 radical (unpaired) electrons. The Hall–Kier alpha value is -1.43. The normalized spacial score (nSPS) is 10.4. The van der Waals surface area contributed by atoms with Gasteiger partial charge in [-0.3, -0.25) is 4.79 Å². The first-order chi connectivity index (χ1) is 9.95. The van der Waals surface area contributed by atoms with Crippen LogP contribution >= 0.6 is 35.0 Å². The fraction of sp³-hybridized carbons (Fsp3) is 0.0714. The number of carbonyl (C=O) groups excluding carboxylic acids is 1. The number of hydrogen-bond donors (Lipinski definition) is 2. The van der Waals surface area contributed by atoms with Crippen LogP contribution in [0.2, 0.25) is 10.0 Å². The average molecular weight is 345 g/mol. The molecule has 1 amide bonds. The smallest absolute Gasteiger partial charge is 0.234 e. The van der Waals surface area contributed by atoms with Crippen LogP contribution in [0.5, 0.6) is 0 Å². The van der Waals surface area contributed by atoms with E-state index in [9.17, 15) is 9.18 Å². The van der Waals surface area contributed by atoms with Gasteiger partial charge in [-0.2, -0.15) is 0 Å². The van der Waals surface area contributed by atoms with Gasteiger partial charge in [0.2, 0.25) is 5.91 Å². The number of nitrogens with two attached hydrogens (primary N) is 1. The van der Waals surface area contributed by atoms with E-state index in [2.05, 4.69) is 5.32 Å². The second-order valence-electron chi connectivity index (χ2n) is 4.14. The summed E-state index contributed by atoms with van der Waals surface area (Å²) in [6.07, 6.45) is 0. The summed E-state index contributed by atoms with van der Waals surface area (Å²) in [6.45, 7) is 0. The minimum atomic E-state index is -0.455. The largest absolute Gasteiger partial charge is 0.398 e. The van der Waals surface area contributed by atoms with Gasteiger partial charge in [-0.1, -0.05) is 23.2 Å². The van der Waals surface area contributed by atoms with Crippen molar-refractivity contribution in [1.29, 1.82) is 0 Å². The van der Waals surface area contributed by atoms with Crippen LogP contribution in [0.1, 0.15) is 0 Å². The molecule has 0 aromatic heterocycles. The van der Waals surface area contributed by atoms with Crippen LogP contribution in [0.25, 0.3) is 0 Å². The number of nitrogens with one attached hydrogen (secondary N) is 1. The lowest BCUT2D eigenvalue weighted by Crippen LogP contribution is -2.14. The highest BCUT2D eigenvalue weighted by Crippen LogP contribution is 2.27. The van der Waals surface area contributed by atoms with Crippen LogP contribution in [0.4, 0.5) is 15.8 Å². The van der Waals surface area contributed by atoms with Crippen molar-refractivity contribution in [3.63, 3.8) is 0 Å². The SMILES string of the molecule is Nc1ccc(SCC(=O)Nc2ccc(F)cc2Cl)cc1Cl. The molecular weight excluding hydrogens is 334 g/mol. The van der Waals surface area contributed by atoms with E-state index in [4.69, 9.17) is 28.9 Å². The van der Waals surface area contributed by atoms with E-state index in [1.807, 2.05) is 0 Å². The second-order valence-corrected chi connectivity index (χ2v) is 6.01. The van der Waals surface area contributed by atoms with Crippen molar-refractivity contribution >= 4 is 52.2 Å². The summed E-state index contributed by atoms with van der Waals surface area (Å²) < 4.78 is 12.9. The van der Waals surface area contributed by atoms with E-state index in [0.29, 0.717) is 16.4 Å². The van der Waals surface area contributed by atoms with Crippen LogP contribution in [0, 0.1) is 5.82 Å². The lowest BCUT2D eigenvalue weighted by atomic mass is 10.3. The molecule has 3 nitrogen and oxygen atoms in total. The van der Waals surface area contributed by atoms with Gasteiger partial charge in [0.05, 0.1) is 27.2 Å². The van der Waals surface area contributed by atoms with Gasteiger partial charge in [-0.25, -0.2) is 4.39 Å². The number of nitrogen functional groups attached to an aromatic ring is 1. The van der Waals surface area contributed by atoms with Gasteiger partial charge in [0.1, 0.15) is 5.82 Å². The second kappa shape index (κ2) is 7.02. The van der Waals surface area contributed by atoms with Crippen LogP contribution in [-0.4, -0.2) is 11.7 Å². The summed E-state index contributed by atoms with van der Waals surface area (Å²) in [5.41, 5.74) is 6.47. The van der Waals surface area contributed by atoms with Crippen molar-refractivity contribution in [1.82, 2.24) is 0 Å². The van der Waals surface area contributed by atoms with E-state index in [1.54, 1.807) is 18.2 Å². The van der Waals surface area contributed by atoms with Gasteiger partial charge in [-0.15, -0.1) is 11.8 Å². The fourth-order valence-corrected chi connectivity index (χ4v) is 2.72. The molecule has 0 unspecified atom stereocenters. The Morgan fingerprint density at radius 2 is 1.95 bits per heavy atom. The molecule has 0 aliphatic heterocycles. The van der Waals surface area contributed by atoms with Crippen molar-refractivity contribution in [3.8, 4) is 0 Å². The van der Waals surface area contributed by atoms with E-state index >= 15 is 0 Å². The van der Waals surface area contributed by atoms with Crippen molar-refractivity contribution < 1.29 is 9.18 Å². The number of anilines is 2. The van der Waals surface area contributed by atoms with Crippen molar-refractivity contribution in [2.75, 3.05) is 16.8 Å². The first-order valence-corrected chi connectivity index (χ1v) is 7.62. The molecule has 2 rings (SSSR count). The highest BCUT2D eigenvalue weighted by Gasteiger charge is 2.08. The zero-order valence-corrected chi connectivity index (χ0v) is 13.0. The number of benzene rings is 2. The molecule has 0 aliphatic rings. The van der Waals surface area contributed by atoms with Crippen LogP contribution in [0.3, 0.4) is 0 Å². The number of amides is 1. The van der Waals surface area contributed by atoms with Gasteiger partial charge < -0.3 is 11.1 Å². The van der Waals surface area contributed by atoms with E-state index in [1.165, 1.54) is 23.9 Å². The van der Waals surface area contributed by atoms with Crippen LogP contribution in [0.15, 0.2) is 41.3 Å². The first-order valence-electron chi connectivity index (χ1n) is 5.88. The fourth-order valence-electron chi connectivity index (χ4n) is 1.52. The average Bonchev–Trinajstić information content (AvgIpc) is 2.43. The lowest BCUT2D eigenvalue weighted by Gasteiger charge is -2.07. The van der Waals surface area contributed by atoms with Crippen molar-refractivity contribution in [2.24, 2.45) is 0 Å². The molecule has 0 spiro atoms. The third-order valence-corrected chi connectivity index (χ3v) is 4.18. The number of rotatable bonds is 4. The Morgan fingerprint density at radius 3 is 2.62 bits per heavy atom. The van der Waals surface area contributed by atoms with Crippen molar-refractivity contribution in [2.45, 2.75) is 4.90 Å². The molecule has 0 saturated carbocycles. The van der Waals surface area contributed by atoms with E-state index in [0.717, 1.165) is 11.0 Å². The predicted molar refractivity (Wildman–Crippen MR) is 86.6 cm³/mol. The summed E-state index contributed by atoms with van der Waals surface area (Å²) in [5.74, 6) is -0.529. The molecule has 2 aromatic carbocycles. The van der Waals surface area contributed by atoms with Crippen molar-refractivity contribution in [3.05, 3.63) is 52.3 Å². The third kappa shape index (κ3) is 4.52. The number of carbonyl (C=O) groups is 1. The summed E-state index contributed by atoms with van der Waals surface area (Å²) in [6, 6.07) is 8.95. The highest BCUT2D eigenvalue weighted by atomic mass is 35.5. The molecule has 2 aromatic rings. The molecule has 0 saturated heterocycles. The summed E-state index contributed by atoms with van der Waals surface area (Å²) in [7, 11) is 0. The van der Waals surface area contributed by atoms with Gasteiger partial charge in [0.25, 0.3) is 0 Å². The topological polar surface area (TPSA) is 55.1 Å². The molecule has 110 valence electrons. The molecular formula is C14H11Cl2FN2OS. The Bertz CT molecular complexity index is 682. The van der Waals surface area contributed by atoms with Gasteiger partial charge >= 0.3 is 0 Å². The van der Waals surface area contributed by atoms with Gasteiger partial charge in [0, 0.05) is 4.90 Å². The van der Waals surface area contributed by atoms with Crippen LogP contribution < -0.4 is 11.1 Å². The van der Waals surface area contributed by atoms with E-state index in [-0.39, 0.29) is 16.7 Å². The molecule has 0 aliphatic carbocycles. The Labute approximate surface area is 135 Å². The zero-order chi connectivity index (χ0) is 15.4. The predicted octanol–water partition coefficient (Wildman–Crippen LogP) is 4.45. The van der Waals surface area contributed by atoms with Gasteiger partial charge in [-0.05, 0) is 36.4 Å². The third-order valence-electron chi connectivity index (χ3n) is 2.55. The quantitative estimate of drug-likeness (QED) is 0.636. The molecule has 0 atom stereocenters. The molecule has 7 heteroatoms. The molecule has 0 fully saturated rings. The molecule has 3 N–H and O–H groups in total. The first kappa shape index (κ1) is 15.9. The maximum Gasteiger partial charge on any atom is 0.234 e. The maximum absolute atomic E-state index is 12.9. The van der Waals surface area contributed by atoms with E-state index < -0.39 is 5.82 Å². The number of hydrogen-bond acceptors (Lipinski definition) is 3. The Kier molecular flexibility index (Phi) is 5.33. The molecule has 0 bridgehead atoms. The lowest BCUT2D eigenvalue weighted by molar-refractivity contribution is -0.113. The van der Waals surface area contributed by atoms with Gasteiger partial charge in [0.15, 0.2) is 0 Å². The highest BCUT2D eigenvalue weighted by molar-refractivity contribution is 8.00. The summed E-state index contributed by atoms with van der Waals surface area (Å²) >= 11 is 13.0. The Morgan fingerprint density at radius 1 is 1.19 bits per heavy atom. The summed E-state index contributed by atoms with van der Waals surface area (Å²) in [4.78, 5) is 12.7. The molecule has 21 heavy (non-hydrogen) atoms. The zero-order valence-electron chi connectivity index (χ0n) is 10.7.